The number of carbonyl (C=O) groups excluding carboxylic acids is 2. The zero-order valence-corrected chi connectivity index (χ0v) is 26.2. The van der Waals surface area contributed by atoms with Crippen molar-refractivity contribution in [2.75, 3.05) is 0 Å². The molecule has 5 nitrogen and oxygen atoms in total. The summed E-state index contributed by atoms with van der Waals surface area (Å²) in [6, 6.07) is 42.9. The molecule has 1 fully saturated rings. The molecule has 6 heteroatoms. The second-order valence-electron chi connectivity index (χ2n) is 12.1. The number of fused-ring (bicyclic) bond motifs is 3. The third kappa shape index (κ3) is 5.29. The lowest BCUT2D eigenvalue weighted by Gasteiger charge is -2.23. The van der Waals surface area contributed by atoms with E-state index in [-0.39, 0.29) is 40.4 Å². The Balaban J connectivity index is 1.43. The number of hydrogen-bond acceptors (Lipinski definition) is 4. The zero-order chi connectivity index (χ0) is 31.8. The van der Waals surface area contributed by atoms with Gasteiger partial charge in [0.2, 0.25) is 0 Å². The molecule has 0 unspecified atom stereocenters. The van der Waals surface area contributed by atoms with E-state index in [1.807, 2.05) is 116 Å². The molecule has 0 radical (unpaired) electrons. The smallest absolute Gasteiger partial charge is 0.261 e. The summed E-state index contributed by atoms with van der Waals surface area (Å²) >= 11 is 0. The first-order valence-corrected chi connectivity index (χ1v) is 17.0. The van der Waals surface area contributed by atoms with E-state index < -0.39 is 21.9 Å². The number of rotatable bonds is 8. The number of carbonyl (C=O) groups is 2. The van der Waals surface area contributed by atoms with Crippen LogP contribution in [0.2, 0.25) is 0 Å². The van der Waals surface area contributed by atoms with E-state index in [4.69, 9.17) is 0 Å². The van der Waals surface area contributed by atoms with Crippen LogP contribution in [0.4, 0.5) is 0 Å². The van der Waals surface area contributed by atoms with Crippen molar-refractivity contribution in [3.05, 3.63) is 178 Å². The van der Waals surface area contributed by atoms with E-state index in [0.29, 0.717) is 16.7 Å². The van der Waals surface area contributed by atoms with Crippen LogP contribution in [0.1, 0.15) is 62.3 Å². The van der Waals surface area contributed by atoms with Gasteiger partial charge in [0.05, 0.1) is 10.6 Å². The number of ketones is 2. The Labute approximate surface area is 269 Å². The lowest BCUT2D eigenvalue weighted by molar-refractivity contribution is -0.118. The van der Waals surface area contributed by atoms with Gasteiger partial charge in [-0.15, -0.1) is 0 Å². The molecular weight excluding hydrogens is 591 g/mol. The van der Waals surface area contributed by atoms with Crippen molar-refractivity contribution in [3.8, 4) is 0 Å². The number of hydrogen-bond donors (Lipinski definition) is 1. The monoisotopic (exact) mass is 623 g/mol. The Morgan fingerprint density at radius 3 is 1.83 bits per heavy atom. The highest BCUT2D eigenvalue weighted by atomic mass is 32.2. The Bertz CT molecular complexity index is 2050. The number of aryl methyl sites for hydroxylation is 1. The second kappa shape index (κ2) is 12.0. The van der Waals surface area contributed by atoms with Crippen LogP contribution in [0.25, 0.3) is 5.70 Å². The highest BCUT2D eigenvalue weighted by Crippen LogP contribution is 2.62. The summed E-state index contributed by atoms with van der Waals surface area (Å²) in [5.41, 5.74) is 5.83. The van der Waals surface area contributed by atoms with Crippen molar-refractivity contribution in [3.63, 3.8) is 0 Å². The van der Waals surface area contributed by atoms with Gasteiger partial charge in [0.25, 0.3) is 10.0 Å². The minimum absolute atomic E-state index is 0.0223. The molecule has 1 N–H and O–H groups in total. The lowest BCUT2D eigenvalue weighted by atomic mass is 9.80. The number of Topliss-reactive ketones (excluding diaryl/α,β-unsaturated/α-hetero) is 2. The average molecular weight is 624 g/mol. The molecular formula is C40H33NO4S. The van der Waals surface area contributed by atoms with Gasteiger partial charge in [-0.3, -0.25) is 14.3 Å². The molecule has 0 heterocycles. The topological polar surface area (TPSA) is 80.3 Å². The summed E-state index contributed by atoms with van der Waals surface area (Å²) in [5, 5.41) is 0. The van der Waals surface area contributed by atoms with Gasteiger partial charge in [0.1, 0.15) is 0 Å². The first kappa shape index (κ1) is 29.6. The maximum absolute atomic E-state index is 15.0. The van der Waals surface area contributed by atoms with Gasteiger partial charge < -0.3 is 0 Å². The molecule has 2 aliphatic rings. The number of allylic oxidation sites excluding steroid dienone is 1. The number of benzene rings is 5. The van der Waals surface area contributed by atoms with E-state index in [0.717, 1.165) is 22.3 Å². The Morgan fingerprint density at radius 1 is 0.652 bits per heavy atom. The maximum atomic E-state index is 15.0. The minimum atomic E-state index is -4.06. The quantitative estimate of drug-likeness (QED) is 0.141. The average Bonchev–Trinajstić information content (AvgIpc) is 3.57. The fourth-order valence-corrected chi connectivity index (χ4v) is 8.42. The van der Waals surface area contributed by atoms with Crippen molar-refractivity contribution in [2.24, 2.45) is 5.92 Å². The standard InChI is InChI=1S/C40H33NO4S/c1-26-21-23-30(24-22-26)46(44,45)41-39(29-17-9-4-10-18-29)38-35(28-15-7-3-8-16-28)36-32-20-12-11-19-31(32)33(37(36)40(38)43)25-34(42)27-13-5-2-6-14-27/h2-24,33,35-37,41H,25H2,1H3/b39-38-/t33-,35+,36-,37-/m0/s1. The lowest BCUT2D eigenvalue weighted by Crippen LogP contribution is -2.26. The molecule has 5 aromatic rings. The molecule has 228 valence electrons. The van der Waals surface area contributed by atoms with Crippen molar-refractivity contribution in [1.29, 1.82) is 0 Å². The van der Waals surface area contributed by atoms with Gasteiger partial charge in [0, 0.05) is 41.2 Å². The maximum Gasteiger partial charge on any atom is 0.261 e. The normalized spacial score (nSPS) is 21.4. The minimum Gasteiger partial charge on any atom is -0.294 e. The van der Waals surface area contributed by atoms with E-state index in [2.05, 4.69) is 10.8 Å². The van der Waals surface area contributed by atoms with Crippen molar-refractivity contribution < 1.29 is 18.0 Å². The molecule has 46 heavy (non-hydrogen) atoms. The highest BCUT2D eigenvalue weighted by Gasteiger charge is 2.57. The van der Waals surface area contributed by atoms with E-state index in [1.165, 1.54) is 0 Å². The van der Waals surface area contributed by atoms with Crippen LogP contribution in [0, 0.1) is 12.8 Å². The molecule has 0 saturated heterocycles. The number of sulfonamides is 1. The van der Waals surface area contributed by atoms with Gasteiger partial charge in [-0.2, -0.15) is 0 Å². The largest absolute Gasteiger partial charge is 0.294 e. The van der Waals surface area contributed by atoms with E-state index in [1.54, 1.807) is 24.3 Å². The zero-order valence-electron chi connectivity index (χ0n) is 25.3. The van der Waals surface area contributed by atoms with Gasteiger partial charge in [-0.05, 0) is 41.3 Å². The fraction of sp³-hybridized carbons (Fsp3) is 0.150. The Morgan fingerprint density at radius 2 is 1.20 bits per heavy atom. The molecule has 0 aromatic heterocycles. The van der Waals surface area contributed by atoms with Crippen LogP contribution in [-0.4, -0.2) is 20.0 Å². The molecule has 0 amide bonds. The Hall–Kier alpha value is -5.07. The van der Waals surface area contributed by atoms with Crippen LogP contribution < -0.4 is 4.72 Å². The van der Waals surface area contributed by atoms with E-state index >= 15 is 4.79 Å². The van der Waals surface area contributed by atoms with Crippen LogP contribution >= 0.6 is 0 Å². The summed E-state index contributed by atoms with van der Waals surface area (Å²) in [6.45, 7) is 1.90. The first-order valence-electron chi connectivity index (χ1n) is 15.5. The highest BCUT2D eigenvalue weighted by molar-refractivity contribution is 7.89. The molecule has 0 aliphatic heterocycles. The van der Waals surface area contributed by atoms with Gasteiger partial charge in [-0.1, -0.05) is 133 Å². The fourth-order valence-electron chi connectivity index (χ4n) is 7.31. The van der Waals surface area contributed by atoms with Crippen molar-refractivity contribution in [2.45, 2.75) is 36.0 Å². The molecule has 0 bridgehead atoms. The number of nitrogens with one attached hydrogen (secondary N) is 1. The predicted octanol–water partition coefficient (Wildman–Crippen LogP) is 7.82. The molecule has 2 aliphatic carbocycles. The summed E-state index contributed by atoms with van der Waals surface area (Å²) in [6.07, 6.45) is 0.179. The van der Waals surface area contributed by atoms with Crippen LogP contribution in [-0.2, 0) is 14.8 Å². The van der Waals surface area contributed by atoms with Gasteiger partial charge >= 0.3 is 0 Å². The molecule has 4 atom stereocenters. The summed E-state index contributed by atoms with van der Waals surface area (Å²) in [7, 11) is -4.06. The van der Waals surface area contributed by atoms with Crippen molar-refractivity contribution >= 4 is 27.3 Å². The van der Waals surface area contributed by atoms with Crippen molar-refractivity contribution in [1.82, 2.24) is 4.72 Å². The predicted molar refractivity (Wildman–Crippen MR) is 180 cm³/mol. The van der Waals surface area contributed by atoms with E-state index in [9.17, 15) is 13.2 Å². The van der Waals surface area contributed by atoms with Crippen LogP contribution in [0.5, 0.6) is 0 Å². The first-order chi connectivity index (χ1) is 22.3. The molecule has 5 aromatic carbocycles. The third-order valence-electron chi connectivity index (χ3n) is 9.37. The van der Waals surface area contributed by atoms with Crippen LogP contribution in [0.15, 0.2) is 150 Å². The van der Waals surface area contributed by atoms with Gasteiger partial charge in [-0.25, -0.2) is 8.42 Å². The Kier molecular flexibility index (Phi) is 7.75. The summed E-state index contributed by atoms with van der Waals surface area (Å²) in [5.74, 6) is -1.74. The second-order valence-corrected chi connectivity index (χ2v) is 13.8. The molecule has 0 spiro atoms. The SMILES string of the molecule is Cc1ccc(S(=O)(=O)N/C(=C2\C(=O)[C@@H]3[C@@H](c4ccccc4[C@@H]3CC(=O)c3ccccc3)[C@H]2c2ccccc2)c2ccccc2)cc1. The molecule has 7 rings (SSSR count). The third-order valence-corrected chi connectivity index (χ3v) is 10.7. The summed E-state index contributed by atoms with van der Waals surface area (Å²) < 4.78 is 30.8. The summed E-state index contributed by atoms with van der Waals surface area (Å²) in [4.78, 5) is 28.8. The van der Waals surface area contributed by atoms with Crippen LogP contribution in [0.3, 0.4) is 0 Å². The molecule has 1 saturated carbocycles. The van der Waals surface area contributed by atoms with Gasteiger partial charge in [0.15, 0.2) is 11.6 Å².